The third kappa shape index (κ3) is 9.78. The summed E-state index contributed by atoms with van der Waals surface area (Å²) in [5.41, 5.74) is 1.97. The number of fused-ring (bicyclic) bond motifs is 2. The first-order chi connectivity index (χ1) is 30.5. The van der Waals surface area contributed by atoms with Gasteiger partial charge in [-0.25, -0.2) is 13.5 Å². The van der Waals surface area contributed by atoms with Gasteiger partial charge in [-0.05, 0) is 50.5 Å². The highest BCUT2D eigenvalue weighted by Crippen LogP contribution is 2.32. The number of carbonyl (C=O) groups excluding carboxylic acids is 5. The summed E-state index contributed by atoms with van der Waals surface area (Å²) < 4.78 is 46.8. The molecule has 2 fully saturated rings. The topological polar surface area (TPSA) is 228 Å². The number of aromatic nitrogens is 6. The van der Waals surface area contributed by atoms with Gasteiger partial charge in [-0.15, -0.1) is 0 Å². The van der Waals surface area contributed by atoms with Crippen molar-refractivity contribution >= 4 is 58.2 Å². The van der Waals surface area contributed by atoms with E-state index in [2.05, 4.69) is 36.2 Å². The summed E-state index contributed by atoms with van der Waals surface area (Å²) in [5, 5.41) is 20.9. The molecular formula is C42H45F2N11O8. The highest BCUT2D eigenvalue weighted by Gasteiger charge is 2.44. The third-order valence-corrected chi connectivity index (χ3v) is 11.0. The van der Waals surface area contributed by atoms with E-state index in [-0.39, 0.29) is 73.6 Å². The van der Waals surface area contributed by atoms with E-state index in [0.717, 1.165) is 16.7 Å². The number of nitrogens with one attached hydrogen (secondary N) is 4. The van der Waals surface area contributed by atoms with Crippen molar-refractivity contribution in [3.05, 3.63) is 82.7 Å². The van der Waals surface area contributed by atoms with Gasteiger partial charge < -0.3 is 29.7 Å². The van der Waals surface area contributed by atoms with Crippen molar-refractivity contribution in [2.45, 2.75) is 64.1 Å². The molecule has 1 atom stereocenters. The van der Waals surface area contributed by atoms with E-state index in [9.17, 15) is 32.8 Å². The average molecular weight is 870 g/mol. The monoisotopic (exact) mass is 869 g/mol. The maximum atomic E-state index is 14.4. The molecule has 4 N–H and O–H groups in total. The van der Waals surface area contributed by atoms with Crippen molar-refractivity contribution in [3.63, 3.8) is 0 Å². The van der Waals surface area contributed by atoms with E-state index >= 15 is 0 Å². The van der Waals surface area contributed by atoms with Crippen LogP contribution in [0.4, 0.5) is 26.4 Å². The standard InChI is InChI=1S/C42H45F2N11O8/c1-24-19-34(52-51-24)47-37-31-23-46-55(38(31)50-42(49-37)45-22-25-3-4-26(43)20-32(25)44)27-9-12-53(13-10-27)36(57)11-16-62-18-17-61-14-2-15-63-28-5-6-29-30(21-28)41(60)54(40(29)59)33-7-8-35(56)48-39(33)58/h3-6,19-21,23,27,33H,2,7-18,22H2,1H3,(H,48,56,58)(H3,45,47,49,50,51,52). The Hall–Kier alpha value is -6.87. The zero-order valence-corrected chi connectivity index (χ0v) is 34.3. The number of piperidine rings is 2. The number of anilines is 3. The lowest BCUT2D eigenvalue weighted by Crippen LogP contribution is -2.54. The largest absolute Gasteiger partial charge is 0.493 e. The second-order valence-electron chi connectivity index (χ2n) is 15.3. The van der Waals surface area contributed by atoms with E-state index in [0.29, 0.717) is 80.6 Å². The fourth-order valence-electron chi connectivity index (χ4n) is 7.70. The average Bonchev–Trinajstić information content (AvgIpc) is 3.96. The van der Waals surface area contributed by atoms with Crippen LogP contribution in [0.5, 0.6) is 5.75 Å². The Morgan fingerprint density at radius 1 is 0.905 bits per heavy atom. The molecule has 330 valence electrons. The molecule has 3 aliphatic heterocycles. The lowest BCUT2D eigenvalue weighted by Gasteiger charge is -2.32. The minimum absolute atomic E-state index is 0.0132. The number of nitrogens with zero attached hydrogens (tertiary/aromatic N) is 7. The number of hydrogen-bond acceptors (Lipinski definition) is 14. The van der Waals surface area contributed by atoms with Crippen LogP contribution in [-0.2, 0) is 30.4 Å². The van der Waals surface area contributed by atoms with E-state index in [1.807, 2.05) is 22.6 Å². The van der Waals surface area contributed by atoms with Crippen molar-refractivity contribution in [1.29, 1.82) is 0 Å². The number of imide groups is 2. The molecule has 0 spiro atoms. The molecule has 3 aliphatic rings. The smallest absolute Gasteiger partial charge is 0.262 e. The van der Waals surface area contributed by atoms with Crippen molar-refractivity contribution in [3.8, 4) is 5.75 Å². The van der Waals surface area contributed by atoms with Crippen LogP contribution in [0.15, 0.2) is 48.7 Å². The predicted octanol–water partition coefficient (Wildman–Crippen LogP) is 3.95. The van der Waals surface area contributed by atoms with E-state index < -0.39 is 41.3 Å². The maximum Gasteiger partial charge on any atom is 0.262 e. The number of aryl methyl sites for hydroxylation is 1. The molecule has 1 unspecified atom stereocenters. The van der Waals surface area contributed by atoms with Gasteiger partial charge in [-0.3, -0.25) is 39.3 Å². The molecule has 8 rings (SSSR count). The van der Waals surface area contributed by atoms with Crippen molar-refractivity contribution in [2.75, 3.05) is 56.8 Å². The van der Waals surface area contributed by atoms with Gasteiger partial charge in [-0.1, -0.05) is 6.07 Å². The lowest BCUT2D eigenvalue weighted by atomic mass is 10.0. The summed E-state index contributed by atoms with van der Waals surface area (Å²) >= 11 is 0. The number of likely N-dealkylation sites (tertiary alicyclic amines) is 1. The molecule has 0 saturated carbocycles. The zero-order valence-electron chi connectivity index (χ0n) is 34.3. The van der Waals surface area contributed by atoms with E-state index in [1.165, 1.54) is 24.3 Å². The molecule has 19 nitrogen and oxygen atoms in total. The minimum atomic E-state index is -1.03. The lowest BCUT2D eigenvalue weighted by molar-refractivity contribution is -0.136. The van der Waals surface area contributed by atoms with Crippen molar-refractivity contribution in [2.24, 2.45) is 0 Å². The molecule has 0 aliphatic carbocycles. The van der Waals surface area contributed by atoms with Crippen molar-refractivity contribution in [1.82, 2.24) is 45.1 Å². The van der Waals surface area contributed by atoms with Gasteiger partial charge >= 0.3 is 0 Å². The highest BCUT2D eigenvalue weighted by molar-refractivity contribution is 6.23. The summed E-state index contributed by atoms with van der Waals surface area (Å²) in [6.07, 6.45) is 3.86. The van der Waals surface area contributed by atoms with Crippen molar-refractivity contribution < 1.29 is 47.0 Å². The number of rotatable bonds is 18. The van der Waals surface area contributed by atoms with Gasteiger partial charge in [-0.2, -0.15) is 20.2 Å². The summed E-state index contributed by atoms with van der Waals surface area (Å²) in [5.74, 6) is -2.05. The van der Waals surface area contributed by atoms with Crippen LogP contribution in [0.25, 0.3) is 11.0 Å². The Morgan fingerprint density at radius 2 is 1.70 bits per heavy atom. The molecule has 63 heavy (non-hydrogen) atoms. The second kappa shape index (κ2) is 19.0. The summed E-state index contributed by atoms with van der Waals surface area (Å²) in [4.78, 5) is 74.9. The molecule has 5 aromatic rings. The van der Waals surface area contributed by atoms with E-state index in [4.69, 9.17) is 19.2 Å². The van der Waals surface area contributed by atoms with Crippen LogP contribution in [0.1, 0.15) is 76.5 Å². The van der Waals surface area contributed by atoms with Gasteiger partial charge in [0.05, 0.1) is 61.6 Å². The van der Waals surface area contributed by atoms with E-state index in [1.54, 1.807) is 12.3 Å². The molecule has 3 aromatic heterocycles. The van der Waals surface area contributed by atoms with Crippen LogP contribution in [-0.4, -0.2) is 121 Å². The number of ether oxygens (including phenoxy) is 3. The van der Waals surface area contributed by atoms with Gasteiger partial charge in [0.25, 0.3) is 11.8 Å². The molecule has 2 aromatic carbocycles. The number of amides is 5. The summed E-state index contributed by atoms with van der Waals surface area (Å²) in [6, 6.07) is 8.68. The number of carbonyl (C=O) groups is 5. The molecule has 5 amide bonds. The fourth-order valence-corrected chi connectivity index (χ4v) is 7.70. The first kappa shape index (κ1) is 42.8. The Balaban J connectivity index is 0.743. The van der Waals surface area contributed by atoms with Crippen LogP contribution in [0.2, 0.25) is 0 Å². The Morgan fingerprint density at radius 3 is 2.46 bits per heavy atom. The third-order valence-electron chi connectivity index (χ3n) is 11.0. The second-order valence-corrected chi connectivity index (χ2v) is 15.3. The van der Waals surface area contributed by atoms with Crippen LogP contribution in [0.3, 0.4) is 0 Å². The quantitative estimate of drug-likeness (QED) is 0.0723. The number of aromatic amines is 1. The first-order valence-electron chi connectivity index (χ1n) is 20.7. The van der Waals surface area contributed by atoms with Gasteiger partial charge in [0.2, 0.25) is 23.7 Å². The normalized spacial score (nSPS) is 16.8. The number of benzene rings is 2. The molecule has 21 heteroatoms. The molecule has 2 saturated heterocycles. The molecule has 0 radical (unpaired) electrons. The summed E-state index contributed by atoms with van der Waals surface area (Å²) in [6.45, 7) is 4.49. The maximum absolute atomic E-state index is 14.4. The van der Waals surface area contributed by atoms with Gasteiger partial charge in [0, 0.05) is 62.5 Å². The minimum Gasteiger partial charge on any atom is -0.493 e. The molecule has 0 bridgehead atoms. The Labute approximate surface area is 358 Å². The highest BCUT2D eigenvalue weighted by atomic mass is 19.1. The Bertz CT molecular complexity index is 2540. The number of hydrogen-bond donors (Lipinski definition) is 4. The zero-order chi connectivity index (χ0) is 44.0. The Kier molecular flexibility index (Phi) is 12.9. The number of H-pyrrole nitrogens is 1. The number of halogens is 2. The fraction of sp³-hybridized carbons (Fsp3) is 0.405. The van der Waals surface area contributed by atoms with Crippen LogP contribution >= 0.6 is 0 Å². The van der Waals surface area contributed by atoms with Crippen LogP contribution < -0.4 is 20.7 Å². The van der Waals surface area contributed by atoms with Gasteiger partial charge in [0.15, 0.2) is 11.5 Å². The van der Waals surface area contributed by atoms with Gasteiger partial charge in [0.1, 0.15) is 29.2 Å². The summed E-state index contributed by atoms with van der Waals surface area (Å²) in [7, 11) is 0. The molecular weight excluding hydrogens is 825 g/mol. The SMILES string of the molecule is Cc1cc(Nc2nc(NCc3ccc(F)cc3F)nc3c2cnn3C2CCN(C(=O)CCOCCOCCCOc3ccc4c(c3)C(=O)N(C3CCC(=O)NC3=O)C4=O)CC2)n[nH]1. The molecule has 6 heterocycles. The van der Waals surface area contributed by atoms with Crippen LogP contribution in [0, 0.1) is 18.6 Å². The first-order valence-corrected chi connectivity index (χ1v) is 20.7. The predicted molar refractivity (Wildman–Crippen MR) is 220 cm³/mol.